The topological polar surface area (TPSA) is 68.2 Å². The number of hydrogen-bond acceptors (Lipinski definition) is 4. The molecule has 2 heterocycles. The van der Waals surface area contributed by atoms with Gasteiger partial charge in [0.25, 0.3) is 0 Å². The zero-order valence-corrected chi connectivity index (χ0v) is 9.64. The lowest BCUT2D eigenvalue weighted by Gasteiger charge is -2.12. The van der Waals surface area contributed by atoms with Gasteiger partial charge >= 0.3 is 0 Å². The van der Waals surface area contributed by atoms with Gasteiger partial charge in [0.05, 0.1) is 0 Å². The van der Waals surface area contributed by atoms with E-state index >= 15 is 0 Å². The maximum atomic E-state index is 5.87. The van der Waals surface area contributed by atoms with Crippen molar-refractivity contribution < 1.29 is 0 Å². The van der Waals surface area contributed by atoms with Crippen LogP contribution in [0.1, 0.15) is 18.9 Å². The van der Waals surface area contributed by atoms with Gasteiger partial charge in [0.15, 0.2) is 5.65 Å². The predicted octanol–water partition coefficient (Wildman–Crippen LogP) is 1.19. The van der Waals surface area contributed by atoms with E-state index in [9.17, 15) is 0 Å². The monoisotopic (exact) mass is 219 g/mol. The van der Waals surface area contributed by atoms with Crippen molar-refractivity contribution in [3.63, 3.8) is 0 Å². The minimum Gasteiger partial charge on any atom is -0.368 e. The number of pyridine rings is 1. The zero-order valence-electron chi connectivity index (χ0n) is 9.64. The molecule has 0 aliphatic rings. The molecule has 2 aromatic rings. The molecule has 0 aliphatic heterocycles. The number of aromatic nitrogens is 3. The SMILES string of the molecule is CCC(N)CNc1cc(C)cc2ncnn12. The number of anilines is 1. The van der Waals surface area contributed by atoms with Crippen LogP contribution >= 0.6 is 0 Å². The summed E-state index contributed by atoms with van der Waals surface area (Å²) >= 11 is 0. The van der Waals surface area contributed by atoms with Gasteiger partial charge in [-0.25, -0.2) is 4.98 Å². The average molecular weight is 219 g/mol. The molecule has 0 saturated carbocycles. The second kappa shape index (κ2) is 4.49. The Morgan fingerprint density at radius 1 is 1.50 bits per heavy atom. The van der Waals surface area contributed by atoms with Crippen LogP contribution in [0.2, 0.25) is 0 Å². The van der Waals surface area contributed by atoms with Crippen LogP contribution in [0, 0.1) is 6.92 Å². The molecule has 16 heavy (non-hydrogen) atoms. The molecule has 0 spiro atoms. The number of nitrogens with one attached hydrogen (secondary N) is 1. The number of nitrogens with zero attached hydrogens (tertiary/aromatic N) is 3. The fraction of sp³-hybridized carbons (Fsp3) is 0.455. The average Bonchev–Trinajstić information content (AvgIpc) is 2.73. The number of fused-ring (bicyclic) bond motifs is 1. The number of hydrogen-bond donors (Lipinski definition) is 2. The van der Waals surface area contributed by atoms with Crippen molar-refractivity contribution in [2.45, 2.75) is 26.3 Å². The van der Waals surface area contributed by atoms with E-state index in [2.05, 4.69) is 22.3 Å². The third kappa shape index (κ3) is 2.14. The smallest absolute Gasteiger partial charge is 0.157 e. The van der Waals surface area contributed by atoms with E-state index in [-0.39, 0.29) is 6.04 Å². The van der Waals surface area contributed by atoms with Crippen LogP contribution < -0.4 is 11.1 Å². The van der Waals surface area contributed by atoms with Crippen LogP contribution in [0.15, 0.2) is 18.5 Å². The van der Waals surface area contributed by atoms with Gasteiger partial charge in [-0.1, -0.05) is 6.92 Å². The standard InChI is InChI=1S/C11H17N5/c1-3-9(12)6-13-10-4-8(2)5-11-14-7-15-16(10)11/h4-5,7,9,13H,3,6,12H2,1-2H3. The maximum Gasteiger partial charge on any atom is 0.157 e. The van der Waals surface area contributed by atoms with Gasteiger partial charge in [-0.2, -0.15) is 9.61 Å². The molecule has 86 valence electrons. The van der Waals surface area contributed by atoms with E-state index in [1.165, 1.54) is 0 Å². The van der Waals surface area contributed by atoms with Crippen LogP contribution in [0.5, 0.6) is 0 Å². The highest BCUT2D eigenvalue weighted by Crippen LogP contribution is 2.12. The van der Waals surface area contributed by atoms with Crippen molar-refractivity contribution in [3.05, 3.63) is 24.0 Å². The van der Waals surface area contributed by atoms with Crippen LogP contribution in [-0.4, -0.2) is 27.2 Å². The third-order valence-corrected chi connectivity index (χ3v) is 2.59. The highest BCUT2D eigenvalue weighted by molar-refractivity contribution is 5.51. The van der Waals surface area contributed by atoms with Gasteiger partial charge in [0.1, 0.15) is 12.1 Å². The summed E-state index contributed by atoms with van der Waals surface area (Å²) in [7, 11) is 0. The second-order valence-corrected chi connectivity index (χ2v) is 4.00. The van der Waals surface area contributed by atoms with Gasteiger partial charge in [-0.15, -0.1) is 0 Å². The fourth-order valence-corrected chi connectivity index (χ4v) is 1.56. The summed E-state index contributed by atoms with van der Waals surface area (Å²) in [5.41, 5.74) is 7.88. The van der Waals surface area contributed by atoms with Gasteiger partial charge in [-0.05, 0) is 31.0 Å². The quantitative estimate of drug-likeness (QED) is 0.810. The molecule has 0 amide bonds. The summed E-state index contributed by atoms with van der Waals surface area (Å²) in [6, 6.07) is 4.21. The van der Waals surface area contributed by atoms with Crippen molar-refractivity contribution in [1.82, 2.24) is 14.6 Å². The van der Waals surface area contributed by atoms with Crippen molar-refractivity contribution in [1.29, 1.82) is 0 Å². The largest absolute Gasteiger partial charge is 0.368 e. The highest BCUT2D eigenvalue weighted by Gasteiger charge is 2.05. The lowest BCUT2D eigenvalue weighted by atomic mass is 10.2. The first kappa shape index (κ1) is 10.9. The van der Waals surface area contributed by atoms with Crippen molar-refractivity contribution in [2.75, 3.05) is 11.9 Å². The molecule has 1 atom stereocenters. The normalized spacial score (nSPS) is 12.9. The summed E-state index contributed by atoms with van der Waals surface area (Å²) < 4.78 is 1.79. The first-order valence-corrected chi connectivity index (χ1v) is 5.50. The highest BCUT2D eigenvalue weighted by atomic mass is 15.3. The molecule has 2 aromatic heterocycles. The van der Waals surface area contributed by atoms with Gasteiger partial charge in [0.2, 0.25) is 0 Å². The molecule has 0 fully saturated rings. The van der Waals surface area contributed by atoms with Gasteiger partial charge in [-0.3, -0.25) is 0 Å². The van der Waals surface area contributed by atoms with E-state index < -0.39 is 0 Å². The Labute approximate surface area is 94.7 Å². The maximum absolute atomic E-state index is 5.87. The summed E-state index contributed by atoms with van der Waals surface area (Å²) in [6.07, 6.45) is 2.51. The zero-order chi connectivity index (χ0) is 11.5. The Hall–Kier alpha value is -1.62. The molecule has 5 nitrogen and oxygen atoms in total. The summed E-state index contributed by atoms with van der Waals surface area (Å²) in [5, 5.41) is 7.47. The second-order valence-electron chi connectivity index (χ2n) is 4.00. The minimum absolute atomic E-state index is 0.166. The molecule has 1 unspecified atom stereocenters. The number of aryl methyl sites for hydroxylation is 1. The number of rotatable bonds is 4. The molecule has 0 aromatic carbocycles. The Balaban J connectivity index is 2.25. The van der Waals surface area contributed by atoms with Gasteiger partial charge in [0, 0.05) is 12.6 Å². The van der Waals surface area contributed by atoms with Crippen LogP contribution in [0.4, 0.5) is 5.82 Å². The lowest BCUT2D eigenvalue weighted by Crippen LogP contribution is -2.28. The Morgan fingerprint density at radius 3 is 3.06 bits per heavy atom. The molecule has 3 N–H and O–H groups in total. The molecule has 0 bridgehead atoms. The Morgan fingerprint density at radius 2 is 2.31 bits per heavy atom. The first-order chi connectivity index (χ1) is 7.70. The predicted molar refractivity (Wildman–Crippen MR) is 64.5 cm³/mol. The molecule has 0 saturated heterocycles. The third-order valence-electron chi connectivity index (χ3n) is 2.59. The van der Waals surface area contributed by atoms with Crippen LogP contribution in [0.25, 0.3) is 5.65 Å². The van der Waals surface area contributed by atoms with Crippen molar-refractivity contribution in [2.24, 2.45) is 5.73 Å². The van der Waals surface area contributed by atoms with E-state index in [1.807, 2.05) is 19.1 Å². The van der Waals surface area contributed by atoms with Crippen molar-refractivity contribution in [3.8, 4) is 0 Å². The Bertz CT molecular complexity index is 476. The van der Waals surface area contributed by atoms with E-state index in [0.29, 0.717) is 0 Å². The van der Waals surface area contributed by atoms with E-state index in [0.717, 1.165) is 30.0 Å². The molecule has 2 rings (SSSR count). The molecule has 0 aliphatic carbocycles. The lowest BCUT2D eigenvalue weighted by molar-refractivity contribution is 0.676. The summed E-state index contributed by atoms with van der Waals surface area (Å²) in [4.78, 5) is 4.17. The first-order valence-electron chi connectivity index (χ1n) is 5.50. The minimum atomic E-state index is 0.166. The van der Waals surface area contributed by atoms with Crippen LogP contribution in [-0.2, 0) is 0 Å². The molecular weight excluding hydrogens is 202 g/mol. The summed E-state index contributed by atoms with van der Waals surface area (Å²) in [6.45, 7) is 4.86. The van der Waals surface area contributed by atoms with E-state index in [1.54, 1.807) is 10.8 Å². The number of nitrogens with two attached hydrogens (primary N) is 1. The van der Waals surface area contributed by atoms with E-state index in [4.69, 9.17) is 5.73 Å². The molecular formula is C11H17N5. The van der Waals surface area contributed by atoms with Gasteiger partial charge < -0.3 is 11.1 Å². The fourth-order valence-electron chi connectivity index (χ4n) is 1.56. The van der Waals surface area contributed by atoms with Crippen molar-refractivity contribution >= 4 is 11.5 Å². The summed E-state index contributed by atoms with van der Waals surface area (Å²) in [5.74, 6) is 0.941. The molecule has 0 radical (unpaired) electrons. The Kier molecular flexibility index (Phi) is 3.05. The molecule has 5 heteroatoms. The van der Waals surface area contributed by atoms with Crippen LogP contribution in [0.3, 0.4) is 0 Å².